The lowest BCUT2D eigenvalue weighted by atomic mass is 10.2. The second kappa shape index (κ2) is 9.71. The molecule has 2 heterocycles. The van der Waals surface area contributed by atoms with E-state index in [0.29, 0.717) is 43.9 Å². The molecule has 2 aromatic heterocycles. The first-order chi connectivity index (χ1) is 14.4. The van der Waals surface area contributed by atoms with Crippen LogP contribution in [0.25, 0.3) is 17.5 Å². The molecule has 158 valence electrons. The molecule has 0 aliphatic carbocycles. The number of hydrogen-bond acceptors (Lipinski definition) is 7. The maximum Gasteiger partial charge on any atom is 0.342 e. The van der Waals surface area contributed by atoms with Gasteiger partial charge in [0.25, 0.3) is 0 Å². The number of methoxy groups -OCH3 is 2. The molecule has 0 atom stereocenters. The molecule has 1 aromatic carbocycles. The second-order valence-corrected chi connectivity index (χ2v) is 8.42. The molecule has 3 rings (SSSR count). The molecule has 0 aliphatic rings. The minimum atomic E-state index is -1.10. The SMILES string of the molecule is CCn1c(S/C(=C\c2cc(Br)c(Br)o2)C(=O)O)nnc1-c1cc(OC)cc(OC)c1. The standard InChI is InChI=1S/C19H17Br2N3O5S/c1-4-24-17(10-5-11(27-2)7-12(6-10)28-3)22-23-19(24)30-15(18(25)26)9-13-8-14(20)16(21)29-13/h5-9H,4H2,1-3H3,(H,25,26)/b15-9-. The van der Waals surface area contributed by atoms with E-state index in [9.17, 15) is 9.90 Å². The van der Waals surface area contributed by atoms with Crippen molar-refractivity contribution in [3.05, 3.63) is 44.1 Å². The maximum atomic E-state index is 11.8. The van der Waals surface area contributed by atoms with Crippen LogP contribution < -0.4 is 9.47 Å². The summed E-state index contributed by atoms with van der Waals surface area (Å²) in [6.07, 6.45) is 1.44. The molecule has 0 spiro atoms. The summed E-state index contributed by atoms with van der Waals surface area (Å²) in [4.78, 5) is 11.8. The van der Waals surface area contributed by atoms with Crippen LogP contribution in [0.1, 0.15) is 12.7 Å². The van der Waals surface area contributed by atoms with E-state index in [1.165, 1.54) is 6.08 Å². The topological polar surface area (TPSA) is 99.6 Å². The molecule has 8 nitrogen and oxygen atoms in total. The van der Waals surface area contributed by atoms with Crippen LogP contribution in [0.15, 0.2) is 47.9 Å². The zero-order valence-electron chi connectivity index (χ0n) is 16.2. The van der Waals surface area contributed by atoms with Crippen molar-refractivity contribution >= 4 is 55.7 Å². The summed E-state index contributed by atoms with van der Waals surface area (Å²) in [6.45, 7) is 2.47. The Hall–Kier alpha value is -2.24. The average Bonchev–Trinajstić information content (AvgIpc) is 3.28. The van der Waals surface area contributed by atoms with Crippen molar-refractivity contribution < 1.29 is 23.8 Å². The first kappa shape index (κ1) is 22.4. The predicted molar refractivity (Wildman–Crippen MR) is 120 cm³/mol. The minimum absolute atomic E-state index is 0.0422. The third-order valence-electron chi connectivity index (χ3n) is 3.99. The van der Waals surface area contributed by atoms with Crippen LogP contribution in [0.2, 0.25) is 0 Å². The lowest BCUT2D eigenvalue weighted by Gasteiger charge is -2.10. The van der Waals surface area contributed by atoms with Gasteiger partial charge in [0.15, 0.2) is 15.7 Å². The van der Waals surface area contributed by atoms with E-state index in [-0.39, 0.29) is 4.91 Å². The van der Waals surface area contributed by atoms with Crippen LogP contribution in [-0.4, -0.2) is 40.1 Å². The van der Waals surface area contributed by atoms with Gasteiger partial charge in [0.2, 0.25) is 0 Å². The highest BCUT2D eigenvalue weighted by molar-refractivity contribution is 9.13. The summed E-state index contributed by atoms with van der Waals surface area (Å²) in [5, 5.41) is 18.6. The Morgan fingerprint density at radius 1 is 1.20 bits per heavy atom. The summed E-state index contributed by atoms with van der Waals surface area (Å²) in [7, 11) is 3.14. The van der Waals surface area contributed by atoms with E-state index in [1.54, 1.807) is 26.4 Å². The number of aliphatic carboxylic acids is 1. The fourth-order valence-electron chi connectivity index (χ4n) is 2.60. The highest BCUT2D eigenvalue weighted by Gasteiger charge is 2.20. The molecule has 1 N–H and O–H groups in total. The number of ether oxygens (including phenoxy) is 2. The Kier molecular flexibility index (Phi) is 7.27. The Morgan fingerprint density at radius 3 is 2.37 bits per heavy atom. The normalized spacial score (nSPS) is 11.6. The Bertz CT molecular complexity index is 1070. The molecule has 11 heteroatoms. The lowest BCUT2D eigenvalue weighted by Crippen LogP contribution is -2.03. The molecule has 0 amide bonds. The van der Waals surface area contributed by atoms with Crippen molar-refractivity contribution in [3.63, 3.8) is 0 Å². The van der Waals surface area contributed by atoms with Gasteiger partial charge in [-0.1, -0.05) is 0 Å². The molecular weight excluding hydrogens is 542 g/mol. The third-order valence-corrected chi connectivity index (χ3v) is 6.70. The monoisotopic (exact) mass is 557 g/mol. The number of aromatic nitrogens is 3. The number of carboxylic acids is 1. The fourth-order valence-corrected chi connectivity index (χ4v) is 4.07. The van der Waals surface area contributed by atoms with Gasteiger partial charge >= 0.3 is 5.97 Å². The lowest BCUT2D eigenvalue weighted by molar-refractivity contribution is -0.131. The van der Waals surface area contributed by atoms with Gasteiger partial charge in [-0.2, -0.15) is 0 Å². The van der Waals surface area contributed by atoms with Crippen molar-refractivity contribution in [2.24, 2.45) is 0 Å². The smallest absolute Gasteiger partial charge is 0.342 e. The summed E-state index contributed by atoms with van der Waals surface area (Å²) in [5.41, 5.74) is 0.743. The van der Waals surface area contributed by atoms with E-state index >= 15 is 0 Å². The number of nitrogens with zero attached hydrogens (tertiary/aromatic N) is 3. The first-order valence-electron chi connectivity index (χ1n) is 8.60. The van der Waals surface area contributed by atoms with Crippen LogP contribution in [0.3, 0.4) is 0 Å². The molecule has 0 saturated heterocycles. The van der Waals surface area contributed by atoms with Crippen LogP contribution >= 0.6 is 43.6 Å². The van der Waals surface area contributed by atoms with E-state index in [4.69, 9.17) is 13.9 Å². The molecule has 3 aromatic rings. The number of halogens is 2. The van der Waals surface area contributed by atoms with Gasteiger partial charge in [-0.25, -0.2) is 4.79 Å². The van der Waals surface area contributed by atoms with Gasteiger partial charge in [-0.05, 0) is 68.7 Å². The molecule has 30 heavy (non-hydrogen) atoms. The quantitative estimate of drug-likeness (QED) is 0.293. The van der Waals surface area contributed by atoms with Gasteiger partial charge in [-0.15, -0.1) is 10.2 Å². The van der Waals surface area contributed by atoms with Gasteiger partial charge < -0.3 is 23.6 Å². The van der Waals surface area contributed by atoms with Crippen molar-refractivity contribution in [1.82, 2.24) is 14.8 Å². The summed E-state index contributed by atoms with van der Waals surface area (Å²) >= 11 is 7.55. The van der Waals surface area contributed by atoms with E-state index in [1.807, 2.05) is 23.6 Å². The van der Waals surface area contributed by atoms with Crippen molar-refractivity contribution in [2.75, 3.05) is 14.2 Å². The van der Waals surface area contributed by atoms with E-state index in [2.05, 4.69) is 42.1 Å². The molecule has 0 saturated carbocycles. The van der Waals surface area contributed by atoms with Crippen molar-refractivity contribution in [1.29, 1.82) is 0 Å². The number of carbonyl (C=O) groups is 1. The van der Waals surface area contributed by atoms with Gasteiger partial charge in [0.05, 0.1) is 18.7 Å². The number of furan rings is 1. The first-order valence-corrected chi connectivity index (χ1v) is 11.0. The second-order valence-electron chi connectivity index (χ2n) is 5.84. The van der Waals surface area contributed by atoms with E-state index in [0.717, 1.165) is 17.3 Å². The Labute approximate surface area is 193 Å². The third kappa shape index (κ3) is 4.90. The number of thioether (sulfide) groups is 1. The molecular formula is C19H17Br2N3O5S. The largest absolute Gasteiger partial charge is 0.497 e. The average molecular weight is 559 g/mol. The Morgan fingerprint density at radius 2 is 1.87 bits per heavy atom. The highest BCUT2D eigenvalue weighted by atomic mass is 79.9. The van der Waals surface area contributed by atoms with Gasteiger partial charge in [-0.3, -0.25) is 0 Å². The molecule has 0 aliphatic heterocycles. The summed E-state index contributed by atoms with van der Waals surface area (Å²) in [6, 6.07) is 7.07. The van der Waals surface area contributed by atoms with Crippen LogP contribution in [0.5, 0.6) is 11.5 Å². The van der Waals surface area contributed by atoms with Gasteiger partial charge in [0, 0.05) is 24.3 Å². The minimum Gasteiger partial charge on any atom is -0.497 e. The number of rotatable bonds is 8. The van der Waals surface area contributed by atoms with E-state index < -0.39 is 5.97 Å². The number of hydrogen-bond donors (Lipinski definition) is 1. The molecule has 0 fully saturated rings. The summed E-state index contributed by atoms with van der Waals surface area (Å²) in [5.74, 6) is 1.09. The zero-order chi connectivity index (χ0) is 21.8. The predicted octanol–water partition coefficient (Wildman–Crippen LogP) is 5.32. The maximum absolute atomic E-state index is 11.8. The van der Waals surface area contributed by atoms with Crippen LogP contribution in [-0.2, 0) is 11.3 Å². The Balaban J connectivity index is 2.00. The fraction of sp³-hybridized carbons (Fsp3) is 0.211. The zero-order valence-corrected chi connectivity index (χ0v) is 20.2. The molecule has 0 unspecified atom stereocenters. The van der Waals surface area contributed by atoms with Crippen LogP contribution in [0.4, 0.5) is 0 Å². The van der Waals surface area contributed by atoms with Gasteiger partial charge in [0.1, 0.15) is 22.2 Å². The molecule has 0 bridgehead atoms. The van der Waals surface area contributed by atoms with Crippen molar-refractivity contribution in [2.45, 2.75) is 18.6 Å². The number of carboxylic acid groups (broad SMARTS) is 1. The summed E-state index contributed by atoms with van der Waals surface area (Å²) < 4.78 is 19.1. The highest BCUT2D eigenvalue weighted by Crippen LogP contribution is 2.34. The van der Waals surface area contributed by atoms with Crippen LogP contribution in [0, 0.1) is 0 Å². The van der Waals surface area contributed by atoms with Crippen molar-refractivity contribution in [3.8, 4) is 22.9 Å². The molecule has 0 radical (unpaired) electrons. The number of benzene rings is 1.